The zero-order valence-electron chi connectivity index (χ0n) is 17.2. The molecule has 1 aliphatic rings. The fraction of sp³-hybridized carbons (Fsp3) is 0.208. The second-order valence-electron chi connectivity index (χ2n) is 7.67. The van der Waals surface area contributed by atoms with Crippen LogP contribution in [0.5, 0.6) is 0 Å². The summed E-state index contributed by atoms with van der Waals surface area (Å²) in [5, 5.41) is 6.77. The molecule has 2 atom stereocenters. The number of hydrazine groups is 1. The van der Waals surface area contributed by atoms with Gasteiger partial charge in [0.2, 0.25) is 0 Å². The van der Waals surface area contributed by atoms with E-state index in [1.165, 1.54) is 12.1 Å². The Kier molecular flexibility index (Phi) is 6.13. The molecule has 1 saturated heterocycles. The monoisotopic (exact) mass is 459 g/mol. The van der Waals surface area contributed by atoms with Gasteiger partial charge in [0.1, 0.15) is 0 Å². The van der Waals surface area contributed by atoms with Crippen LogP contribution >= 0.6 is 11.6 Å². The number of hydrogen-bond acceptors (Lipinski definition) is 2. The van der Waals surface area contributed by atoms with Crippen molar-refractivity contribution < 1.29 is 18.0 Å². The number of hydrogen-bond donors (Lipinski definition) is 1. The van der Waals surface area contributed by atoms with Gasteiger partial charge in [-0.3, -0.25) is 5.01 Å². The molecule has 0 aromatic heterocycles. The number of amides is 2. The molecule has 4 rings (SSSR count). The van der Waals surface area contributed by atoms with E-state index in [9.17, 15) is 18.0 Å². The highest BCUT2D eigenvalue weighted by atomic mass is 35.5. The Hall–Kier alpha value is -3.03. The summed E-state index contributed by atoms with van der Waals surface area (Å²) in [4.78, 5) is 13.0. The molecule has 0 radical (unpaired) electrons. The second-order valence-corrected chi connectivity index (χ2v) is 8.11. The topological polar surface area (TPSA) is 35.6 Å². The van der Waals surface area contributed by atoms with Crippen LogP contribution in [-0.4, -0.2) is 29.6 Å². The van der Waals surface area contributed by atoms with Gasteiger partial charge in [0, 0.05) is 30.2 Å². The van der Waals surface area contributed by atoms with Crippen LogP contribution in [0.4, 0.5) is 23.7 Å². The van der Waals surface area contributed by atoms with E-state index in [1.54, 1.807) is 5.01 Å². The largest absolute Gasteiger partial charge is 0.416 e. The number of nitrogens with one attached hydrogen (secondary N) is 1. The first kappa shape index (κ1) is 22.2. The van der Waals surface area contributed by atoms with Crippen LogP contribution in [0.25, 0.3) is 0 Å². The molecule has 2 amide bonds. The van der Waals surface area contributed by atoms with Crippen LogP contribution in [0.1, 0.15) is 28.7 Å². The van der Waals surface area contributed by atoms with Crippen molar-refractivity contribution in [1.82, 2.24) is 10.0 Å². The number of halogens is 4. The number of benzene rings is 3. The lowest BCUT2D eigenvalue weighted by Crippen LogP contribution is -2.42. The summed E-state index contributed by atoms with van der Waals surface area (Å²) in [6, 6.07) is 21.3. The van der Waals surface area contributed by atoms with Crippen LogP contribution < -0.4 is 5.32 Å². The lowest BCUT2D eigenvalue weighted by atomic mass is 9.88. The van der Waals surface area contributed by atoms with Crippen molar-refractivity contribution in [2.75, 3.05) is 18.9 Å². The van der Waals surface area contributed by atoms with Crippen LogP contribution in [0.3, 0.4) is 0 Å². The van der Waals surface area contributed by atoms with Gasteiger partial charge in [0.25, 0.3) is 0 Å². The summed E-state index contributed by atoms with van der Waals surface area (Å²) in [7, 11) is 1.83. The van der Waals surface area contributed by atoms with Gasteiger partial charge in [0.15, 0.2) is 0 Å². The molecular weight excluding hydrogens is 439 g/mol. The van der Waals surface area contributed by atoms with Gasteiger partial charge in [-0.25, -0.2) is 9.80 Å². The minimum absolute atomic E-state index is 0.000677. The third kappa shape index (κ3) is 4.59. The summed E-state index contributed by atoms with van der Waals surface area (Å²) < 4.78 is 38.4. The Morgan fingerprint density at radius 2 is 1.56 bits per heavy atom. The summed E-state index contributed by atoms with van der Waals surface area (Å²) >= 11 is 6.06. The molecule has 0 bridgehead atoms. The highest BCUT2D eigenvalue weighted by Gasteiger charge is 2.41. The summed E-state index contributed by atoms with van der Waals surface area (Å²) in [5.74, 6) is 0.000677. The maximum absolute atomic E-state index is 13.0. The normalized spacial score (nSPS) is 19.2. The zero-order valence-corrected chi connectivity index (χ0v) is 17.9. The molecule has 3 aromatic carbocycles. The van der Waals surface area contributed by atoms with Gasteiger partial charge in [-0.1, -0.05) is 54.1 Å². The average Bonchev–Trinajstić information content (AvgIpc) is 3.12. The zero-order chi connectivity index (χ0) is 22.9. The second kappa shape index (κ2) is 8.84. The highest BCUT2D eigenvalue weighted by molar-refractivity contribution is 6.30. The molecule has 0 spiro atoms. The molecule has 0 aliphatic carbocycles. The predicted molar refractivity (Wildman–Crippen MR) is 118 cm³/mol. The van der Waals surface area contributed by atoms with E-state index >= 15 is 0 Å². The lowest BCUT2D eigenvalue weighted by Gasteiger charge is -2.29. The van der Waals surface area contributed by atoms with Gasteiger partial charge >= 0.3 is 12.2 Å². The Morgan fingerprint density at radius 1 is 0.938 bits per heavy atom. The van der Waals surface area contributed by atoms with Gasteiger partial charge in [-0.05, 0) is 47.5 Å². The predicted octanol–water partition coefficient (Wildman–Crippen LogP) is 6.58. The maximum atomic E-state index is 13.0. The number of carbonyl (C=O) groups is 1. The highest BCUT2D eigenvalue weighted by Crippen LogP contribution is 2.42. The van der Waals surface area contributed by atoms with E-state index in [2.05, 4.69) is 5.32 Å². The molecule has 1 N–H and O–H groups in total. The van der Waals surface area contributed by atoms with Crippen LogP contribution in [0.2, 0.25) is 5.02 Å². The van der Waals surface area contributed by atoms with Crippen molar-refractivity contribution in [3.63, 3.8) is 0 Å². The van der Waals surface area contributed by atoms with E-state index in [-0.39, 0.29) is 12.0 Å². The molecule has 0 saturated carbocycles. The number of nitrogens with zero attached hydrogens (tertiary/aromatic N) is 2. The summed E-state index contributed by atoms with van der Waals surface area (Å²) in [6.07, 6.45) is -4.42. The van der Waals surface area contributed by atoms with Crippen LogP contribution in [0.15, 0.2) is 78.9 Å². The quantitative estimate of drug-likeness (QED) is 0.480. The van der Waals surface area contributed by atoms with Crippen molar-refractivity contribution in [2.45, 2.75) is 18.1 Å². The molecule has 1 fully saturated rings. The lowest BCUT2D eigenvalue weighted by molar-refractivity contribution is -0.137. The van der Waals surface area contributed by atoms with Crippen molar-refractivity contribution >= 4 is 23.3 Å². The molecule has 32 heavy (non-hydrogen) atoms. The number of rotatable bonds is 3. The molecule has 1 heterocycles. The van der Waals surface area contributed by atoms with Gasteiger partial charge in [-0.15, -0.1) is 0 Å². The fourth-order valence-corrected chi connectivity index (χ4v) is 4.20. The molecule has 8 heteroatoms. The first-order valence-electron chi connectivity index (χ1n) is 10.0. The number of urea groups is 1. The molecule has 166 valence electrons. The van der Waals surface area contributed by atoms with Crippen LogP contribution in [0, 0.1) is 0 Å². The number of anilines is 1. The summed E-state index contributed by atoms with van der Waals surface area (Å²) in [5.41, 5.74) is 1.63. The van der Waals surface area contributed by atoms with Crippen LogP contribution in [-0.2, 0) is 6.18 Å². The molecular formula is C24H21ClF3N3O. The minimum Gasteiger partial charge on any atom is -0.307 e. The maximum Gasteiger partial charge on any atom is 0.416 e. The molecule has 2 unspecified atom stereocenters. The Balaban J connectivity index is 1.58. The Labute approximate surface area is 189 Å². The van der Waals surface area contributed by atoms with Crippen molar-refractivity contribution in [2.24, 2.45) is 0 Å². The standard InChI is InChI=1S/C24H21ClF3N3O/c1-30-22(17-7-11-19(25)12-8-17)21(16-5-3-2-4-6-16)15-31(30)23(32)29-20-13-9-18(10-14-20)24(26,27)28/h2-14,21-22H,15H2,1H3,(H,29,32). The van der Waals surface area contributed by atoms with E-state index < -0.39 is 17.8 Å². The Morgan fingerprint density at radius 3 is 2.16 bits per heavy atom. The first-order chi connectivity index (χ1) is 15.2. The van der Waals surface area contributed by atoms with E-state index in [0.29, 0.717) is 17.3 Å². The fourth-order valence-electron chi connectivity index (χ4n) is 4.08. The van der Waals surface area contributed by atoms with Gasteiger partial charge < -0.3 is 5.32 Å². The average molecular weight is 460 g/mol. The van der Waals surface area contributed by atoms with E-state index in [1.807, 2.05) is 66.7 Å². The Bertz CT molecular complexity index is 1070. The smallest absolute Gasteiger partial charge is 0.307 e. The van der Waals surface area contributed by atoms with Crippen molar-refractivity contribution in [1.29, 1.82) is 0 Å². The van der Waals surface area contributed by atoms with E-state index in [0.717, 1.165) is 23.3 Å². The minimum atomic E-state index is -4.42. The number of likely N-dealkylation sites (N-methyl/N-ethyl adjacent to an activating group) is 1. The number of carbonyl (C=O) groups excluding carboxylic acids is 1. The number of alkyl halides is 3. The van der Waals surface area contributed by atoms with E-state index in [4.69, 9.17) is 11.6 Å². The van der Waals surface area contributed by atoms with Gasteiger partial charge in [0.05, 0.1) is 11.6 Å². The third-order valence-corrected chi connectivity index (χ3v) is 5.92. The summed E-state index contributed by atoms with van der Waals surface area (Å²) in [6.45, 7) is 0.417. The molecule has 4 nitrogen and oxygen atoms in total. The first-order valence-corrected chi connectivity index (χ1v) is 10.4. The SMILES string of the molecule is CN1C(c2ccc(Cl)cc2)C(c2ccccc2)CN1C(=O)Nc1ccc(C(F)(F)F)cc1. The third-order valence-electron chi connectivity index (χ3n) is 5.67. The molecule has 3 aromatic rings. The van der Waals surface area contributed by atoms with Crippen molar-refractivity contribution in [3.8, 4) is 0 Å². The molecule has 1 aliphatic heterocycles. The van der Waals surface area contributed by atoms with Gasteiger partial charge in [-0.2, -0.15) is 13.2 Å². The van der Waals surface area contributed by atoms with Crippen molar-refractivity contribution in [3.05, 3.63) is 101 Å².